The molecule has 0 aliphatic carbocycles. The summed E-state index contributed by atoms with van der Waals surface area (Å²) in [6, 6.07) is 10.1. The summed E-state index contributed by atoms with van der Waals surface area (Å²) < 4.78 is 33.7. The molecule has 1 aliphatic rings. The molecule has 0 unspecified atom stereocenters. The quantitative estimate of drug-likeness (QED) is 0.862. The van der Waals surface area contributed by atoms with Crippen LogP contribution in [0.1, 0.15) is 25.0 Å². The molecule has 0 saturated carbocycles. The third kappa shape index (κ3) is 3.53. The second-order valence-corrected chi connectivity index (χ2v) is 8.86. The lowest BCUT2D eigenvalue weighted by Crippen LogP contribution is -2.33. The van der Waals surface area contributed by atoms with Crippen LogP contribution in [0.4, 0.5) is 11.4 Å². The minimum absolute atomic E-state index is 0.175. The van der Waals surface area contributed by atoms with E-state index in [1.165, 1.54) is 0 Å². The van der Waals surface area contributed by atoms with Gasteiger partial charge in [0.1, 0.15) is 12.4 Å². The molecule has 0 atom stereocenters. The monoisotopic (exact) mass is 374 g/mol. The smallest absolute Gasteiger partial charge is 0.262 e. The molecule has 0 radical (unpaired) electrons. The number of anilines is 2. The number of fused-ring (bicyclic) bond motifs is 1. The Kier molecular flexibility index (Phi) is 4.44. The molecule has 2 aromatic carbocycles. The summed E-state index contributed by atoms with van der Waals surface area (Å²) in [7, 11) is -3.74. The molecule has 2 N–H and O–H groups in total. The summed E-state index contributed by atoms with van der Waals surface area (Å²) in [5.74, 6) is 0.337. The number of nitrogens with one attached hydrogen (secondary N) is 2. The Morgan fingerprint density at radius 1 is 1.12 bits per heavy atom. The maximum absolute atomic E-state index is 12.7. The SMILES string of the molecule is Cc1ccc(C)c(S(=O)(=O)Nc2ccc3c(c2)NC(=O)C(C)(C)CO3)c1. The lowest BCUT2D eigenvalue weighted by molar-refractivity contribution is -0.124. The second-order valence-electron chi connectivity index (χ2n) is 7.21. The van der Waals surface area contributed by atoms with Gasteiger partial charge in [0.15, 0.2) is 0 Å². The molecule has 0 bridgehead atoms. The van der Waals surface area contributed by atoms with Gasteiger partial charge in [-0.15, -0.1) is 0 Å². The highest BCUT2D eigenvalue weighted by Gasteiger charge is 2.32. The maximum atomic E-state index is 12.7. The molecule has 1 amide bonds. The van der Waals surface area contributed by atoms with Gasteiger partial charge in [-0.25, -0.2) is 8.42 Å². The summed E-state index contributed by atoms with van der Waals surface area (Å²) >= 11 is 0. The molecule has 0 saturated heterocycles. The van der Waals surface area contributed by atoms with Crippen LogP contribution in [-0.2, 0) is 14.8 Å². The minimum Gasteiger partial charge on any atom is -0.490 e. The first kappa shape index (κ1) is 18.3. The molecule has 6 nitrogen and oxygen atoms in total. The fourth-order valence-corrected chi connectivity index (χ4v) is 4.02. The second kappa shape index (κ2) is 6.32. The van der Waals surface area contributed by atoms with Crippen LogP contribution in [0, 0.1) is 19.3 Å². The third-order valence-electron chi connectivity index (χ3n) is 4.32. The lowest BCUT2D eigenvalue weighted by atomic mass is 9.94. The summed E-state index contributed by atoms with van der Waals surface area (Å²) in [4.78, 5) is 12.5. The number of hydrogen-bond donors (Lipinski definition) is 2. The van der Waals surface area contributed by atoms with E-state index in [9.17, 15) is 13.2 Å². The standard InChI is InChI=1S/C19H22N2O4S/c1-12-5-6-13(2)17(9-12)26(23,24)21-14-7-8-16-15(10-14)20-18(22)19(3,4)11-25-16/h5-10,21H,11H2,1-4H3,(H,20,22). The van der Waals surface area contributed by atoms with Crippen molar-refractivity contribution in [2.75, 3.05) is 16.6 Å². The van der Waals surface area contributed by atoms with Crippen molar-refractivity contribution in [2.45, 2.75) is 32.6 Å². The van der Waals surface area contributed by atoms with Crippen molar-refractivity contribution in [1.29, 1.82) is 0 Å². The fraction of sp³-hybridized carbons (Fsp3) is 0.316. The van der Waals surface area contributed by atoms with Gasteiger partial charge >= 0.3 is 0 Å². The van der Waals surface area contributed by atoms with Crippen molar-refractivity contribution in [1.82, 2.24) is 0 Å². The topological polar surface area (TPSA) is 84.5 Å². The fourth-order valence-electron chi connectivity index (χ4n) is 2.64. The zero-order valence-corrected chi connectivity index (χ0v) is 16.0. The molecule has 2 aromatic rings. The van der Waals surface area contributed by atoms with E-state index < -0.39 is 15.4 Å². The highest BCUT2D eigenvalue weighted by Crippen LogP contribution is 2.34. The molecular weight excluding hydrogens is 352 g/mol. The third-order valence-corrected chi connectivity index (χ3v) is 5.84. The molecule has 138 valence electrons. The number of hydrogen-bond acceptors (Lipinski definition) is 4. The predicted octanol–water partition coefficient (Wildman–Crippen LogP) is 3.46. The van der Waals surface area contributed by atoms with E-state index in [1.54, 1.807) is 51.1 Å². The average Bonchev–Trinajstić information content (AvgIpc) is 2.66. The number of ether oxygens (including phenoxy) is 1. The average molecular weight is 374 g/mol. The Balaban J connectivity index is 1.93. The molecule has 7 heteroatoms. The van der Waals surface area contributed by atoms with Crippen LogP contribution in [0.25, 0.3) is 0 Å². The largest absolute Gasteiger partial charge is 0.490 e. The van der Waals surface area contributed by atoms with Crippen molar-refractivity contribution in [3.63, 3.8) is 0 Å². The van der Waals surface area contributed by atoms with Crippen LogP contribution in [0.5, 0.6) is 5.75 Å². The molecule has 26 heavy (non-hydrogen) atoms. The number of amides is 1. The molecule has 1 heterocycles. The predicted molar refractivity (Wildman–Crippen MR) is 101 cm³/mol. The lowest BCUT2D eigenvalue weighted by Gasteiger charge is -2.18. The van der Waals surface area contributed by atoms with Crippen molar-refractivity contribution in [2.24, 2.45) is 5.41 Å². The summed E-state index contributed by atoms with van der Waals surface area (Å²) in [6.45, 7) is 7.42. The van der Waals surface area contributed by atoms with E-state index in [4.69, 9.17) is 4.74 Å². The van der Waals surface area contributed by atoms with Gasteiger partial charge in [0.05, 0.1) is 21.7 Å². The van der Waals surface area contributed by atoms with Crippen molar-refractivity contribution in [3.8, 4) is 5.75 Å². The number of carbonyl (C=O) groups is 1. The van der Waals surface area contributed by atoms with E-state index in [2.05, 4.69) is 10.0 Å². The van der Waals surface area contributed by atoms with Gasteiger partial charge in [0, 0.05) is 0 Å². The number of aryl methyl sites for hydroxylation is 2. The van der Waals surface area contributed by atoms with E-state index in [0.717, 1.165) is 5.56 Å². The van der Waals surface area contributed by atoms with Crippen LogP contribution in [0.2, 0.25) is 0 Å². The first-order valence-corrected chi connectivity index (χ1v) is 9.75. The first-order valence-electron chi connectivity index (χ1n) is 8.27. The van der Waals surface area contributed by atoms with Gasteiger partial charge in [0.25, 0.3) is 10.0 Å². The normalized spacial score (nSPS) is 16.1. The zero-order chi connectivity index (χ0) is 19.1. The van der Waals surface area contributed by atoms with Crippen LogP contribution in [0.15, 0.2) is 41.3 Å². The van der Waals surface area contributed by atoms with E-state index in [-0.39, 0.29) is 17.4 Å². The molecule has 0 fully saturated rings. The molecule has 0 spiro atoms. The van der Waals surface area contributed by atoms with Crippen LogP contribution in [0.3, 0.4) is 0 Å². The summed E-state index contributed by atoms with van der Waals surface area (Å²) in [6.07, 6.45) is 0. The Labute approximate surface area is 153 Å². The number of sulfonamides is 1. The van der Waals surface area contributed by atoms with Crippen molar-refractivity contribution >= 4 is 27.3 Å². The zero-order valence-electron chi connectivity index (χ0n) is 15.2. The molecular formula is C19H22N2O4S. The molecule has 0 aromatic heterocycles. The van der Waals surface area contributed by atoms with E-state index in [1.807, 2.05) is 13.0 Å². The minimum atomic E-state index is -3.74. The van der Waals surface area contributed by atoms with Crippen LogP contribution < -0.4 is 14.8 Å². The summed E-state index contributed by atoms with van der Waals surface area (Å²) in [5.41, 5.74) is 1.66. The van der Waals surface area contributed by atoms with Gasteiger partial charge in [0.2, 0.25) is 5.91 Å². The summed E-state index contributed by atoms with van der Waals surface area (Å²) in [5, 5.41) is 2.80. The van der Waals surface area contributed by atoms with Gasteiger partial charge < -0.3 is 10.1 Å². The van der Waals surface area contributed by atoms with Gasteiger partial charge in [-0.05, 0) is 63.1 Å². The number of benzene rings is 2. The van der Waals surface area contributed by atoms with E-state index in [0.29, 0.717) is 22.7 Å². The van der Waals surface area contributed by atoms with Crippen LogP contribution >= 0.6 is 0 Å². The van der Waals surface area contributed by atoms with Crippen molar-refractivity contribution in [3.05, 3.63) is 47.5 Å². The Morgan fingerprint density at radius 2 is 1.85 bits per heavy atom. The Hall–Kier alpha value is -2.54. The van der Waals surface area contributed by atoms with Crippen LogP contribution in [-0.4, -0.2) is 20.9 Å². The number of rotatable bonds is 3. The molecule has 3 rings (SSSR count). The number of carbonyl (C=O) groups excluding carboxylic acids is 1. The Bertz CT molecular complexity index is 981. The first-order chi connectivity index (χ1) is 12.1. The van der Waals surface area contributed by atoms with E-state index >= 15 is 0 Å². The van der Waals surface area contributed by atoms with Crippen molar-refractivity contribution < 1.29 is 17.9 Å². The maximum Gasteiger partial charge on any atom is 0.262 e. The van der Waals surface area contributed by atoms with Gasteiger partial charge in [-0.3, -0.25) is 9.52 Å². The molecule has 1 aliphatic heterocycles. The van der Waals surface area contributed by atoms with Gasteiger partial charge in [-0.1, -0.05) is 12.1 Å². The van der Waals surface area contributed by atoms with Gasteiger partial charge in [-0.2, -0.15) is 0 Å². The Morgan fingerprint density at radius 3 is 2.58 bits per heavy atom. The highest BCUT2D eigenvalue weighted by molar-refractivity contribution is 7.92. The highest BCUT2D eigenvalue weighted by atomic mass is 32.2.